The second-order valence-electron chi connectivity index (χ2n) is 10.8. The predicted molar refractivity (Wildman–Crippen MR) is 145 cm³/mol. The fourth-order valence-corrected chi connectivity index (χ4v) is 6.03. The maximum absolute atomic E-state index is 13.2. The van der Waals surface area contributed by atoms with Crippen LogP contribution in [0.1, 0.15) is 44.7 Å². The largest absolute Gasteiger partial charge is 0.369 e. The third kappa shape index (κ3) is 5.32. The number of imide groups is 2. The fraction of sp³-hybridized carbons (Fsp3) is 0.448. The number of anilines is 1. The van der Waals surface area contributed by atoms with Crippen molar-refractivity contribution in [3.8, 4) is 0 Å². The lowest BCUT2D eigenvalue weighted by Gasteiger charge is -2.36. The van der Waals surface area contributed by atoms with Crippen molar-refractivity contribution in [2.24, 2.45) is 0 Å². The summed E-state index contributed by atoms with van der Waals surface area (Å²) in [5.74, 6) is -1.91. The number of carbonyl (C=O) groups is 4. The van der Waals surface area contributed by atoms with Gasteiger partial charge in [0.05, 0.1) is 11.1 Å². The molecule has 10 heteroatoms. The molecule has 0 saturated carbocycles. The average Bonchev–Trinajstić information content (AvgIpc) is 3.19. The Bertz CT molecular complexity index is 1300. The van der Waals surface area contributed by atoms with E-state index in [2.05, 4.69) is 49.6 Å². The molecular weight excluding hydrogens is 496 g/mol. The van der Waals surface area contributed by atoms with Crippen LogP contribution in [-0.4, -0.2) is 96.7 Å². The van der Waals surface area contributed by atoms with Gasteiger partial charge in [0.2, 0.25) is 11.8 Å². The van der Waals surface area contributed by atoms with Crippen molar-refractivity contribution >= 4 is 29.3 Å². The molecule has 3 saturated heterocycles. The first-order valence-corrected chi connectivity index (χ1v) is 13.8. The Hall–Kier alpha value is -3.60. The number of nitrogens with zero attached hydrogens (tertiary/aromatic N) is 4. The number of benzene rings is 2. The minimum Gasteiger partial charge on any atom is -0.369 e. The summed E-state index contributed by atoms with van der Waals surface area (Å²) in [6, 6.07) is 13.3. The van der Waals surface area contributed by atoms with Gasteiger partial charge in [-0.05, 0) is 35.7 Å². The SMILES string of the molecule is O=C1CCC(N2C(=O)c3ccc(N4CCN(Cc5cccc(CN6CCNCC6)c5)CC4)cc3C2=O)C(=O)N1. The van der Waals surface area contributed by atoms with Crippen LogP contribution in [-0.2, 0) is 22.7 Å². The number of fused-ring (bicyclic) bond motifs is 1. The van der Waals surface area contributed by atoms with Crippen LogP contribution < -0.4 is 15.5 Å². The highest BCUT2D eigenvalue weighted by molar-refractivity contribution is 6.23. The smallest absolute Gasteiger partial charge is 0.262 e. The number of piperazine rings is 2. The molecule has 4 amide bonds. The molecule has 39 heavy (non-hydrogen) atoms. The van der Waals surface area contributed by atoms with E-state index in [1.165, 1.54) is 11.1 Å². The lowest BCUT2D eigenvalue weighted by molar-refractivity contribution is -0.136. The van der Waals surface area contributed by atoms with Crippen LogP contribution in [0.25, 0.3) is 0 Å². The summed E-state index contributed by atoms with van der Waals surface area (Å²) >= 11 is 0. The molecule has 2 aromatic carbocycles. The highest BCUT2D eigenvalue weighted by atomic mass is 16.2. The van der Waals surface area contributed by atoms with Crippen molar-refractivity contribution in [3.05, 3.63) is 64.7 Å². The van der Waals surface area contributed by atoms with E-state index in [-0.39, 0.29) is 18.7 Å². The second-order valence-corrected chi connectivity index (χ2v) is 10.8. The first-order chi connectivity index (χ1) is 19.0. The number of hydrogen-bond acceptors (Lipinski definition) is 8. The maximum atomic E-state index is 13.2. The number of carbonyl (C=O) groups excluding carboxylic acids is 4. The number of amides is 4. The molecule has 4 heterocycles. The lowest BCUT2D eigenvalue weighted by atomic mass is 10.0. The summed E-state index contributed by atoms with van der Waals surface area (Å²) in [7, 11) is 0. The van der Waals surface area contributed by atoms with Crippen molar-refractivity contribution in [2.45, 2.75) is 32.0 Å². The van der Waals surface area contributed by atoms with Gasteiger partial charge in [-0.2, -0.15) is 0 Å². The van der Waals surface area contributed by atoms with Crippen LogP contribution >= 0.6 is 0 Å². The molecule has 0 radical (unpaired) electrons. The molecule has 4 aliphatic heterocycles. The number of hydrogen-bond donors (Lipinski definition) is 2. The molecule has 1 unspecified atom stereocenters. The Kier molecular flexibility index (Phi) is 7.16. The normalized spacial score (nSPS) is 22.8. The standard InChI is InChI=1S/C29H34N6O4/c36-26-7-6-25(27(37)31-26)35-28(38)23-5-4-22(17-24(23)29(35)39)34-14-12-33(13-15-34)19-21-3-1-2-20(16-21)18-32-10-8-30-9-11-32/h1-5,16-17,25,30H,6-15,18-19H2,(H,31,36,37). The third-order valence-corrected chi connectivity index (χ3v) is 8.17. The molecule has 0 aromatic heterocycles. The van der Waals surface area contributed by atoms with Crippen LogP contribution in [0.15, 0.2) is 42.5 Å². The number of piperidine rings is 1. The van der Waals surface area contributed by atoms with E-state index in [1.807, 2.05) is 6.07 Å². The Morgan fingerprint density at radius 1 is 0.744 bits per heavy atom. The van der Waals surface area contributed by atoms with Gasteiger partial charge < -0.3 is 10.2 Å². The molecule has 10 nitrogen and oxygen atoms in total. The molecule has 3 fully saturated rings. The van der Waals surface area contributed by atoms with Crippen LogP contribution in [0, 0.1) is 0 Å². The molecule has 2 N–H and O–H groups in total. The Balaban J connectivity index is 1.07. The van der Waals surface area contributed by atoms with Crippen molar-refractivity contribution in [1.82, 2.24) is 25.3 Å². The summed E-state index contributed by atoms with van der Waals surface area (Å²) in [6.45, 7) is 9.60. The van der Waals surface area contributed by atoms with Gasteiger partial charge in [0.25, 0.3) is 11.8 Å². The van der Waals surface area contributed by atoms with Gasteiger partial charge in [-0.1, -0.05) is 24.3 Å². The number of nitrogens with one attached hydrogen (secondary N) is 2. The zero-order valence-electron chi connectivity index (χ0n) is 22.0. The van der Waals surface area contributed by atoms with Gasteiger partial charge in [0.15, 0.2) is 0 Å². The van der Waals surface area contributed by atoms with E-state index in [0.717, 1.165) is 76.0 Å². The molecule has 0 spiro atoms. The van der Waals surface area contributed by atoms with Crippen LogP contribution in [0.2, 0.25) is 0 Å². The summed E-state index contributed by atoms with van der Waals surface area (Å²) < 4.78 is 0. The zero-order chi connectivity index (χ0) is 26.9. The Morgan fingerprint density at radius 2 is 1.41 bits per heavy atom. The fourth-order valence-electron chi connectivity index (χ4n) is 6.03. The van der Waals surface area contributed by atoms with E-state index < -0.39 is 23.8 Å². The molecule has 0 bridgehead atoms. The topological polar surface area (TPSA) is 105 Å². The summed E-state index contributed by atoms with van der Waals surface area (Å²) in [5, 5.41) is 5.64. The van der Waals surface area contributed by atoms with Crippen molar-refractivity contribution in [1.29, 1.82) is 0 Å². The van der Waals surface area contributed by atoms with Gasteiger partial charge in [0, 0.05) is 77.6 Å². The molecular formula is C29H34N6O4. The van der Waals surface area contributed by atoms with Crippen molar-refractivity contribution < 1.29 is 19.2 Å². The minimum absolute atomic E-state index is 0.111. The van der Waals surface area contributed by atoms with Crippen molar-refractivity contribution in [2.75, 3.05) is 57.3 Å². The molecule has 1 atom stereocenters. The van der Waals surface area contributed by atoms with Gasteiger partial charge >= 0.3 is 0 Å². The number of rotatable bonds is 6. The Morgan fingerprint density at radius 3 is 2.10 bits per heavy atom. The monoisotopic (exact) mass is 530 g/mol. The quantitative estimate of drug-likeness (QED) is 0.529. The molecule has 0 aliphatic carbocycles. The molecule has 2 aromatic rings. The van der Waals surface area contributed by atoms with E-state index in [9.17, 15) is 19.2 Å². The zero-order valence-corrected chi connectivity index (χ0v) is 22.0. The van der Waals surface area contributed by atoms with Gasteiger partial charge in [-0.25, -0.2) is 0 Å². The summed E-state index contributed by atoms with van der Waals surface area (Å²) in [4.78, 5) is 58.2. The van der Waals surface area contributed by atoms with Crippen LogP contribution in [0.3, 0.4) is 0 Å². The minimum atomic E-state index is -0.947. The highest BCUT2D eigenvalue weighted by Gasteiger charge is 2.44. The molecule has 4 aliphatic rings. The summed E-state index contributed by atoms with van der Waals surface area (Å²) in [5.41, 5.74) is 4.22. The molecule has 6 rings (SSSR count). The third-order valence-electron chi connectivity index (χ3n) is 8.17. The summed E-state index contributed by atoms with van der Waals surface area (Å²) in [6.07, 6.45) is 0.267. The van der Waals surface area contributed by atoms with Gasteiger partial charge in [0.1, 0.15) is 6.04 Å². The van der Waals surface area contributed by atoms with E-state index in [1.54, 1.807) is 12.1 Å². The van der Waals surface area contributed by atoms with Crippen LogP contribution in [0.4, 0.5) is 5.69 Å². The lowest BCUT2D eigenvalue weighted by Crippen LogP contribution is -2.54. The van der Waals surface area contributed by atoms with E-state index in [0.29, 0.717) is 11.1 Å². The maximum Gasteiger partial charge on any atom is 0.262 e. The Labute approximate surface area is 227 Å². The van der Waals surface area contributed by atoms with Gasteiger partial charge in [-0.3, -0.25) is 39.2 Å². The molecule has 204 valence electrons. The van der Waals surface area contributed by atoms with Crippen molar-refractivity contribution in [3.63, 3.8) is 0 Å². The van der Waals surface area contributed by atoms with E-state index in [4.69, 9.17) is 0 Å². The van der Waals surface area contributed by atoms with Crippen LogP contribution in [0.5, 0.6) is 0 Å². The first kappa shape index (κ1) is 25.7. The highest BCUT2D eigenvalue weighted by Crippen LogP contribution is 2.31. The van der Waals surface area contributed by atoms with Gasteiger partial charge in [-0.15, -0.1) is 0 Å². The first-order valence-electron chi connectivity index (χ1n) is 13.8. The van der Waals surface area contributed by atoms with E-state index >= 15 is 0 Å². The average molecular weight is 531 g/mol. The second kappa shape index (κ2) is 10.9. The predicted octanol–water partition coefficient (Wildman–Crippen LogP) is 0.815.